The number of amides is 1. The van der Waals surface area contributed by atoms with E-state index in [4.69, 9.17) is 4.74 Å². The number of hydrogen-bond acceptors (Lipinski definition) is 5. The molecule has 6 nitrogen and oxygen atoms in total. The van der Waals surface area contributed by atoms with Crippen molar-refractivity contribution in [1.29, 1.82) is 0 Å². The minimum Gasteiger partial charge on any atom is -0.497 e. The van der Waals surface area contributed by atoms with E-state index in [1.807, 2.05) is 48.5 Å². The number of methoxy groups -OCH3 is 1. The molecule has 1 amide bonds. The van der Waals surface area contributed by atoms with E-state index in [1.165, 1.54) is 6.33 Å². The van der Waals surface area contributed by atoms with Crippen molar-refractivity contribution < 1.29 is 9.53 Å². The van der Waals surface area contributed by atoms with Crippen LogP contribution in [0.5, 0.6) is 5.75 Å². The molecule has 6 heteroatoms. The molecule has 3 aromatic rings. The highest BCUT2D eigenvalue weighted by Gasteiger charge is 2.13. The molecule has 0 radical (unpaired) electrons. The maximum Gasteiger partial charge on any atom is 0.274 e. The molecule has 2 N–H and O–H groups in total. The Hall–Kier alpha value is -3.41. The van der Waals surface area contributed by atoms with E-state index in [1.54, 1.807) is 13.2 Å². The van der Waals surface area contributed by atoms with Crippen molar-refractivity contribution in [1.82, 2.24) is 9.97 Å². The summed E-state index contributed by atoms with van der Waals surface area (Å²) in [5.41, 5.74) is 3.28. The first-order valence-corrected chi connectivity index (χ1v) is 9.16. The van der Waals surface area contributed by atoms with Gasteiger partial charge in [-0.25, -0.2) is 9.97 Å². The molecule has 0 saturated carbocycles. The van der Waals surface area contributed by atoms with Crippen molar-refractivity contribution in [3.8, 4) is 5.75 Å². The minimum atomic E-state index is -0.261. The Morgan fingerprint density at radius 3 is 2.54 bits per heavy atom. The Balaban J connectivity index is 1.67. The predicted molar refractivity (Wildman–Crippen MR) is 111 cm³/mol. The van der Waals surface area contributed by atoms with Crippen LogP contribution in [0.25, 0.3) is 0 Å². The maximum atomic E-state index is 12.6. The fraction of sp³-hybridized carbons (Fsp3) is 0.227. The van der Waals surface area contributed by atoms with Crippen molar-refractivity contribution in [3.05, 3.63) is 77.7 Å². The smallest absolute Gasteiger partial charge is 0.274 e. The van der Waals surface area contributed by atoms with Crippen LogP contribution in [-0.2, 0) is 6.54 Å². The van der Waals surface area contributed by atoms with Crippen LogP contribution in [0.4, 0.5) is 11.5 Å². The Labute approximate surface area is 165 Å². The van der Waals surface area contributed by atoms with Crippen molar-refractivity contribution >= 4 is 17.4 Å². The largest absolute Gasteiger partial charge is 0.497 e. The number of carbonyl (C=O) groups excluding carboxylic acids is 1. The first-order chi connectivity index (χ1) is 13.6. The molecular formula is C22H24N4O2. The highest BCUT2D eigenvalue weighted by molar-refractivity contribution is 6.03. The lowest BCUT2D eigenvalue weighted by atomic mass is 10.0. The molecule has 0 saturated heterocycles. The standard InChI is InChI=1S/C22H24N4O2/c1-15(2)18-6-4-5-7-19(18)26-22(27)20-12-21(25-14-24-20)23-13-16-8-10-17(28-3)11-9-16/h4-12,14-15H,13H2,1-3H3,(H,26,27)(H,23,24,25). The van der Waals surface area contributed by atoms with E-state index in [9.17, 15) is 4.79 Å². The molecule has 0 bridgehead atoms. The number of aromatic nitrogens is 2. The third-order valence-electron chi connectivity index (χ3n) is 4.36. The molecule has 144 valence electrons. The lowest BCUT2D eigenvalue weighted by Crippen LogP contribution is -2.16. The lowest BCUT2D eigenvalue weighted by molar-refractivity contribution is 0.102. The van der Waals surface area contributed by atoms with E-state index < -0.39 is 0 Å². The van der Waals surface area contributed by atoms with Crippen LogP contribution in [0.1, 0.15) is 41.4 Å². The lowest BCUT2D eigenvalue weighted by Gasteiger charge is -2.13. The SMILES string of the molecule is COc1ccc(CNc2cc(C(=O)Nc3ccccc3C(C)C)ncn2)cc1. The average Bonchev–Trinajstić information content (AvgIpc) is 2.73. The van der Waals surface area contributed by atoms with Crippen molar-refractivity contribution in [2.75, 3.05) is 17.7 Å². The summed E-state index contributed by atoms with van der Waals surface area (Å²) in [6.45, 7) is 4.77. The Morgan fingerprint density at radius 2 is 1.82 bits per heavy atom. The molecule has 0 spiro atoms. The highest BCUT2D eigenvalue weighted by atomic mass is 16.5. The summed E-state index contributed by atoms with van der Waals surface area (Å²) in [7, 11) is 1.64. The summed E-state index contributed by atoms with van der Waals surface area (Å²) in [4.78, 5) is 20.9. The number of nitrogens with zero attached hydrogens (tertiary/aromatic N) is 2. The second kappa shape index (κ2) is 8.99. The van der Waals surface area contributed by atoms with Crippen molar-refractivity contribution in [2.24, 2.45) is 0 Å². The molecule has 0 aliphatic rings. The summed E-state index contributed by atoms with van der Waals surface area (Å²) < 4.78 is 5.16. The summed E-state index contributed by atoms with van der Waals surface area (Å²) >= 11 is 0. The van der Waals surface area contributed by atoms with Gasteiger partial charge in [0.1, 0.15) is 23.6 Å². The Morgan fingerprint density at radius 1 is 1.07 bits per heavy atom. The van der Waals surface area contributed by atoms with E-state index in [0.717, 1.165) is 22.6 Å². The molecule has 28 heavy (non-hydrogen) atoms. The van der Waals surface area contributed by atoms with Crippen LogP contribution >= 0.6 is 0 Å². The summed E-state index contributed by atoms with van der Waals surface area (Å²) in [6.07, 6.45) is 1.39. The summed E-state index contributed by atoms with van der Waals surface area (Å²) in [6, 6.07) is 17.2. The van der Waals surface area contributed by atoms with Gasteiger partial charge in [-0.05, 0) is 35.2 Å². The number of carbonyl (C=O) groups is 1. The molecule has 0 unspecified atom stereocenters. The first kappa shape index (κ1) is 19.4. The van der Waals surface area contributed by atoms with Gasteiger partial charge in [0, 0.05) is 18.3 Å². The number of para-hydroxylation sites is 1. The monoisotopic (exact) mass is 376 g/mol. The molecule has 0 aliphatic heterocycles. The molecular weight excluding hydrogens is 352 g/mol. The van der Waals surface area contributed by atoms with Crippen LogP contribution in [0.2, 0.25) is 0 Å². The fourth-order valence-electron chi connectivity index (χ4n) is 2.81. The quantitative estimate of drug-likeness (QED) is 0.636. The van der Waals surface area contributed by atoms with Crippen LogP contribution < -0.4 is 15.4 Å². The molecule has 1 aromatic heterocycles. The molecule has 0 aliphatic carbocycles. The van der Waals surface area contributed by atoms with Crippen molar-refractivity contribution in [2.45, 2.75) is 26.3 Å². The van der Waals surface area contributed by atoms with Gasteiger partial charge >= 0.3 is 0 Å². The summed E-state index contributed by atoms with van der Waals surface area (Å²) in [5.74, 6) is 1.45. The van der Waals surface area contributed by atoms with Gasteiger partial charge in [-0.15, -0.1) is 0 Å². The number of hydrogen-bond donors (Lipinski definition) is 2. The zero-order valence-electron chi connectivity index (χ0n) is 16.3. The van der Waals surface area contributed by atoms with Crippen LogP contribution in [0, 0.1) is 0 Å². The van der Waals surface area contributed by atoms with Crippen molar-refractivity contribution in [3.63, 3.8) is 0 Å². The maximum absolute atomic E-state index is 12.6. The number of nitrogens with one attached hydrogen (secondary N) is 2. The van der Waals surface area contributed by atoms with E-state index in [0.29, 0.717) is 24.0 Å². The molecule has 2 aromatic carbocycles. The minimum absolute atomic E-state index is 0.261. The summed E-state index contributed by atoms with van der Waals surface area (Å²) in [5, 5.41) is 6.17. The van der Waals surface area contributed by atoms with Crippen LogP contribution in [0.15, 0.2) is 60.9 Å². The van der Waals surface area contributed by atoms with Gasteiger partial charge in [-0.2, -0.15) is 0 Å². The molecule has 1 heterocycles. The second-order valence-corrected chi connectivity index (χ2v) is 6.69. The highest BCUT2D eigenvalue weighted by Crippen LogP contribution is 2.24. The van der Waals surface area contributed by atoms with Gasteiger partial charge in [0.2, 0.25) is 0 Å². The fourth-order valence-corrected chi connectivity index (χ4v) is 2.81. The van der Waals surface area contributed by atoms with Crippen LogP contribution in [0.3, 0.4) is 0 Å². The number of rotatable bonds is 7. The van der Waals surface area contributed by atoms with Gasteiger partial charge in [-0.3, -0.25) is 4.79 Å². The predicted octanol–water partition coefficient (Wildman–Crippen LogP) is 4.47. The third-order valence-corrected chi connectivity index (χ3v) is 4.36. The van der Waals surface area contributed by atoms with Crippen LogP contribution in [-0.4, -0.2) is 23.0 Å². The van der Waals surface area contributed by atoms with E-state index >= 15 is 0 Å². The third kappa shape index (κ3) is 4.85. The van der Waals surface area contributed by atoms with E-state index in [-0.39, 0.29) is 5.91 Å². The topological polar surface area (TPSA) is 76.1 Å². The van der Waals surface area contributed by atoms with Gasteiger partial charge < -0.3 is 15.4 Å². The van der Waals surface area contributed by atoms with Gasteiger partial charge in [0.05, 0.1) is 7.11 Å². The van der Waals surface area contributed by atoms with Gasteiger partial charge in [0.15, 0.2) is 0 Å². The zero-order chi connectivity index (χ0) is 19.9. The number of anilines is 2. The number of benzene rings is 2. The van der Waals surface area contributed by atoms with E-state index in [2.05, 4.69) is 34.4 Å². The first-order valence-electron chi connectivity index (χ1n) is 9.16. The molecule has 0 atom stereocenters. The second-order valence-electron chi connectivity index (χ2n) is 6.69. The zero-order valence-corrected chi connectivity index (χ0v) is 16.3. The molecule has 0 fully saturated rings. The van der Waals surface area contributed by atoms with Gasteiger partial charge in [-0.1, -0.05) is 44.2 Å². The Bertz CT molecular complexity index is 939. The normalized spacial score (nSPS) is 10.6. The molecule has 3 rings (SSSR count). The van der Waals surface area contributed by atoms with Gasteiger partial charge in [0.25, 0.3) is 5.91 Å². The Kier molecular flexibility index (Phi) is 6.22. The number of ether oxygens (including phenoxy) is 1. The average molecular weight is 376 g/mol.